The van der Waals surface area contributed by atoms with Crippen molar-refractivity contribution in [3.8, 4) is 0 Å². The van der Waals surface area contributed by atoms with Gasteiger partial charge in [-0.05, 0) is 48.9 Å². The molecule has 2 aromatic rings. The third-order valence-electron chi connectivity index (χ3n) is 4.18. The second-order valence-corrected chi connectivity index (χ2v) is 7.01. The zero-order valence-electron chi connectivity index (χ0n) is 12.9. The second kappa shape index (κ2) is 6.93. The molecule has 5 heteroatoms. The number of carbonyl (C=O) groups excluding carboxylic acids is 1. The Morgan fingerprint density at radius 3 is 2.30 bits per heavy atom. The molecule has 3 nitrogen and oxygen atoms in total. The molecule has 0 spiro atoms. The van der Waals surface area contributed by atoms with E-state index in [1.807, 2.05) is 4.90 Å². The summed E-state index contributed by atoms with van der Waals surface area (Å²) in [6.07, 6.45) is 0. The van der Waals surface area contributed by atoms with E-state index in [-0.39, 0.29) is 5.91 Å². The zero-order chi connectivity index (χ0) is 16.4. The summed E-state index contributed by atoms with van der Waals surface area (Å²) in [5, 5.41) is 0.649. The molecule has 0 aliphatic carbocycles. The normalized spacial score (nSPS) is 14.9. The number of halogens is 2. The average Bonchev–Trinajstić information content (AvgIpc) is 2.57. The van der Waals surface area contributed by atoms with Crippen molar-refractivity contribution in [1.29, 1.82) is 0 Å². The molecule has 0 radical (unpaired) electrons. The molecule has 0 saturated carbocycles. The van der Waals surface area contributed by atoms with Crippen molar-refractivity contribution in [2.24, 2.45) is 0 Å². The molecule has 0 bridgehead atoms. The highest BCUT2D eigenvalue weighted by molar-refractivity contribution is 9.10. The first-order valence-electron chi connectivity index (χ1n) is 7.60. The van der Waals surface area contributed by atoms with E-state index < -0.39 is 0 Å². The Morgan fingerprint density at radius 1 is 1.04 bits per heavy atom. The van der Waals surface area contributed by atoms with Crippen LogP contribution in [0.3, 0.4) is 0 Å². The Hall–Kier alpha value is -1.52. The number of benzene rings is 2. The van der Waals surface area contributed by atoms with Crippen LogP contribution in [0.2, 0.25) is 5.02 Å². The lowest BCUT2D eigenvalue weighted by Gasteiger charge is -2.36. The van der Waals surface area contributed by atoms with Gasteiger partial charge in [-0.25, -0.2) is 0 Å². The van der Waals surface area contributed by atoms with Gasteiger partial charge in [0, 0.05) is 46.9 Å². The van der Waals surface area contributed by atoms with Crippen LogP contribution >= 0.6 is 27.5 Å². The van der Waals surface area contributed by atoms with Crippen LogP contribution in [-0.2, 0) is 0 Å². The van der Waals surface area contributed by atoms with Gasteiger partial charge >= 0.3 is 0 Å². The lowest BCUT2D eigenvalue weighted by Crippen LogP contribution is -2.48. The van der Waals surface area contributed by atoms with E-state index in [4.69, 9.17) is 11.6 Å². The van der Waals surface area contributed by atoms with Crippen LogP contribution in [0.25, 0.3) is 0 Å². The molecule has 2 aromatic carbocycles. The number of nitrogens with zero attached hydrogens (tertiary/aromatic N) is 2. The highest BCUT2D eigenvalue weighted by Gasteiger charge is 2.22. The Labute approximate surface area is 150 Å². The van der Waals surface area contributed by atoms with E-state index in [1.54, 1.807) is 24.3 Å². The fraction of sp³-hybridized carbons (Fsp3) is 0.278. The van der Waals surface area contributed by atoms with E-state index in [9.17, 15) is 4.79 Å². The minimum atomic E-state index is 0.0754. The summed E-state index contributed by atoms with van der Waals surface area (Å²) in [7, 11) is 0. The fourth-order valence-corrected chi connectivity index (χ4v) is 3.21. The van der Waals surface area contributed by atoms with E-state index >= 15 is 0 Å². The number of hydrogen-bond donors (Lipinski definition) is 0. The van der Waals surface area contributed by atoms with Crippen molar-refractivity contribution < 1.29 is 4.79 Å². The van der Waals surface area contributed by atoms with Crippen molar-refractivity contribution in [2.75, 3.05) is 31.1 Å². The summed E-state index contributed by atoms with van der Waals surface area (Å²) in [6.45, 7) is 5.22. The summed E-state index contributed by atoms with van der Waals surface area (Å²) in [5.41, 5.74) is 3.12. The topological polar surface area (TPSA) is 23.6 Å². The van der Waals surface area contributed by atoms with E-state index in [0.29, 0.717) is 10.6 Å². The molecule has 0 aromatic heterocycles. The number of anilines is 1. The molecule has 1 aliphatic rings. The lowest BCUT2D eigenvalue weighted by atomic mass is 10.1. The SMILES string of the molecule is Cc1ccc(N2CCN(C(=O)c3ccc(Cl)cc3)CC2)cc1Br. The van der Waals surface area contributed by atoms with Crippen LogP contribution in [0.5, 0.6) is 0 Å². The molecule has 0 atom stereocenters. The smallest absolute Gasteiger partial charge is 0.253 e. The van der Waals surface area contributed by atoms with Crippen LogP contribution in [0.4, 0.5) is 5.69 Å². The molecular weight excluding hydrogens is 376 g/mol. The van der Waals surface area contributed by atoms with Crippen LogP contribution in [0, 0.1) is 6.92 Å². The quantitative estimate of drug-likeness (QED) is 0.756. The number of carbonyl (C=O) groups is 1. The molecule has 23 heavy (non-hydrogen) atoms. The van der Waals surface area contributed by atoms with Gasteiger partial charge in [0.15, 0.2) is 0 Å². The predicted octanol–water partition coefficient (Wildman–Crippen LogP) is 4.37. The molecule has 0 N–H and O–H groups in total. The number of rotatable bonds is 2. The van der Waals surface area contributed by atoms with Crippen molar-refractivity contribution in [3.63, 3.8) is 0 Å². The van der Waals surface area contributed by atoms with Crippen molar-refractivity contribution >= 4 is 39.1 Å². The minimum absolute atomic E-state index is 0.0754. The molecule has 1 fully saturated rings. The summed E-state index contributed by atoms with van der Waals surface area (Å²) >= 11 is 9.46. The molecule has 1 amide bonds. The standard InChI is InChI=1S/C18H18BrClN2O/c1-13-2-7-16(12-17(13)19)21-8-10-22(11-9-21)18(23)14-3-5-15(20)6-4-14/h2-7,12H,8-11H2,1H3. The zero-order valence-corrected chi connectivity index (χ0v) is 15.3. The van der Waals surface area contributed by atoms with Gasteiger partial charge in [0.25, 0.3) is 5.91 Å². The van der Waals surface area contributed by atoms with Gasteiger partial charge in [-0.1, -0.05) is 33.6 Å². The maximum atomic E-state index is 12.5. The molecule has 120 valence electrons. The van der Waals surface area contributed by atoms with Gasteiger partial charge in [0.1, 0.15) is 0 Å². The first-order valence-corrected chi connectivity index (χ1v) is 8.77. The number of amides is 1. The maximum Gasteiger partial charge on any atom is 0.253 e. The van der Waals surface area contributed by atoms with Gasteiger partial charge < -0.3 is 9.80 Å². The first-order chi connectivity index (χ1) is 11.0. The van der Waals surface area contributed by atoms with Crippen LogP contribution in [0.1, 0.15) is 15.9 Å². The molecule has 0 unspecified atom stereocenters. The Kier molecular flexibility index (Phi) is 4.93. The van der Waals surface area contributed by atoms with Crippen LogP contribution in [-0.4, -0.2) is 37.0 Å². The Morgan fingerprint density at radius 2 is 1.70 bits per heavy atom. The first kappa shape index (κ1) is 16.3. The maximum absolute atomic E-state index is 12.5. The van der Waals surface area contributed by atoms with Crippen molar-refractivity contribution in [2.45, 2.75) is 6.92 Å². The lowest BCUT2D eigenvalue weighted by molar-refractivity contribution is 0.0747. The third-order valence-corrected chi connectivity index (χ3v) is 5.28. The van der Waals surface area contributed by atoms with E-state index in [2.05, 4.69) is 46.0 Å². The van der Waals surface area contributed by atoms with Crippen molar-refractivity contribution in [3.05, 3.63) is 63.1 Å². The monoisotopic (exact) mass is 392 g/mol. The highest BCUT2D eigenvalue weighted by atomic mass is 79.9. The summed E-state index contributed by atoms with van der Waals surface area (Å²) in [5.74, 6) is 0.0754. The van der Waals surface area contributed by atoms with Gasteiger partial charge in [0.2, 0.25) is 0 Å². The number of piperazine rings is 1. The summed E-state index contributed by atoms with van der Waals surface area (Å²) < 4.78 is 1.12. The minimum Gasteiger partial charge on any atom is -0.368 e. The van der Waals surface area contributed by atoms with E-state index in [0.717, 1.165) is 30.7 Å². The Balaban J connectivity index is 1.64. The predicted molar refractivity (Wildman–Crippen MR) is 98.4 cm³/mol. The van der Waals surface area contributed by atoms with Gasteiger partial charge in [-0.15, -0.1) is 0 Å². The van der Waals surface area contributed by atoms with Crippen molar-refractivity contribution in [1.82, 2.24) is 4.90 Å². The fourth-order valence-electron chi connectivity index (χ4n) is 2.72. The third kappa shape index (κ3) is 3.70. The number of hydrogen-bond acceptors (Lipinski definition) is 2. The summed E-state index contributed by atoms with van der Waals surface area (Å²) in [6, 6.07) is 13.5. The Bertz CT molecular complexity index is 709. The molecule has 3 rings (SSSR count). The van der Waals surface area contributed by atoms with Crippen LogP contribution in [0.15, 0.2) is 46.9 Å². The van der Waals surface area contributed by atoms with Gasteiger partial charge in [0.05, 0.1) is 0 Å². The second-order valence-electron chi connectivity index (χ2n) is 5.72. The van der Waals surface area contributed by atoms with E-state index in [1.165, 1.54) is 11.3 Å². The highest BCUT2D eigenvalue weighted by Crippen LogP contribution is 2.24. The molecule has 1 saturated heterocycles. The molecular formula is C18H18BrClN2O. The number of aryl methyl sites for hydroxylation is 1. The van der Waals surface area contributed by atoms with Gasteiger partial charge in [-0.3, -0.25) is 4.79 Å². The molecule has 1 aliphatic heterocycles. The van der Waals surface area contributed by atoms with Crippen LogP contribution < -0.4 is 4.90 Å². The summed E-state index contributed by atoms with van der Waals surface area (Å²) in [4.78, 5) is 16.7. The van der Waals surface area contributed by atoms with Gasteiger partial charge in [-0.2, -0.15) is 0 Å². The largest absolute Gasteiger partial charge is 0.368 e. The molecule has 1 heterocycles. The average molecular weight is 394 g/mol.